The summed E-state index contributed by atoms with van der Waals surface area (Å²) < 4.78 is 6.07. The van der Waals surface area contributed by atoms with Crippen molar-refractivity contribution in [1.29, 1.82) is 0 Å². The zero-order valence-corrected chi connectivity index (χ0v) is 11.5. The van der Waals surface area contributed by atoms with E-state index < -0.39 is 11.4 Å². The van der Waals surface area contributed by atoms with Gasteiger partial charge in [0.2, 0.25) is 0 Å². The zero-order chi connectivity index (χ0) is 12.2. The standard InChI is InChI=1S/C12H15IO3/c1-3-16-11(15)12(2,8-14)9-4-6-10(13)7-5-9/h4-7,14H,3,8H2,1-2H3/t12-/m1/s1. The highest BCUT2D eigenvalue weighted by molar-refractivity contribution is 14.1. The second kappa shape index (κ2) is 5.63. The normalized spacial score (nSPS) is 14.2. The van der Waals surface area contributed by atoms with Crippen molar-refractivity contribution in [2.45, 2.75) is 19.3 Å². The number of rotatable bonds is 4. The fourth-order valence-corrected chi connectivity index (χ4v) is 1.74. The van der Waals surface area contributed by atoms with E-state index in [1.807, 2.05) is 24.3 Å². The molecule has 4 heteroatoms. The lowest BCUT2D eigenvalue weighted by Gasteiger charge is -2.25. The van der Waals surface area contributed by atoms with E-state index >= 15 is 0 Å². The molecule has 1 rings (SSSR count). The minimum Gasteiger partial charge on any atom is -0.465 e. The van der Waals surface area contributed by atoms with E-state index in [4.69, 9.17) is 4.74 Å². The molecule has 0 spiro atoms. The number of hydrogen-bond acceptors (Lipinski definition) is 3. The first kappa shape index (κ1) is 13.4. The van der Waals surface area contributed by atoms with Gasteiger partial charge in [-0.25, -0.2) is 0 Å². The predicted octanol–water partition coefficient (Wildman–Crippen LogP) is 2.10. The molecular formula is C12H15IO3. The Balaban J connectivity index is 3.04. The van der Waals surface area contributed by atoms with Crippen molar-refractivity contribution in [3.8, 4) is 0 Å². The summed E-state index contributed by atoms with van der Waals surface area (Å²) in [6.07, 6.45) is 0. The topological polar surface area (TPSA) is 46.5 Å². The Morgan fingerprint density at radius 1 is 1.44 bits per heavy atom. The molecule has 0 aromatic heterocycles. The molecule has 1 N–H and O–H groups in total. The van der Waals surface area contributed by atoms with Crippen molar-refractivity contribution in [3.63, 3.8) is 0 Å². The molecule has 0 radical (unpaired) electrons. The van der Waals surface area contributed by atoms with Gasteiger partial charge < -0.3 is 9.84 Å². The third-order valence-corrected chi connectivity index (χ3v) is 3.24. The molecule has 1 atom stereocenters. The van der Waals surface area contributed by atoms with Crippen LogP contribution in [0.1, 0.15) is 19.4 Å². The maximum absolute atomic E-state index is 11.8. The number of esters is 1. The molecule has 0 bridgehead atoms. The van der Waals surface area contributed by atoms with Gasteiger partial charge in [0.05, 0.1) is 13.2 Å². The number of aliphatic hydroxyl groups is 1. The van der Waals surface area contributed by atoms with Crippen LogP contribution in [0.15, 0.2) is 24.3 Å². The number of carbonyl (C=O) groups excluding carboxylic acids is 1. The highest BCUT2D eigenvalue weighted by Crippen LogP contribution is 2.25. The van der Waals surface area contributed by atoms with Gasteiger partial charge in [0.15, 0.2) is 0 Å². The quantitative estimate of drug-likeness (QED) is 0.678. The van der Waals surface area contributed by atoms with Crippen molar-refractivity contribution < 1.29 is 14.6 Å². The minimum atomic E-state index is -0.972. The Morgan fingerprint density at radius 3 is 2.44 bits per heavy atom. The number of benzene rings is 1. The number of carbonyl (C=O) groups is 1. The summed E-state index contributed by atoms with van der Waals surface area (Å²) in [7, 11) is 0. The number of ether oxygens (including phenoxy) is 1. The van der Waals surface area contributed by atoms with Gasteiger partial charge in [0.25, 0.3) is 0 Å². The van der Waals surface area contributed by atoms with E-state index in [0.717, 1.165) is 9.13 Å². The van der Waals surface area contributed by atoms with Crippen LogP contribution in [0.5, 0.6) is 0 Å². The average Bonchev–Trinajstić information content (AvgIpc) is 2.29. The molecule has 0 heterocycles. The summed E-state index contributed by atoms with van der Waals surface area (Å²) in [6, 6.07) is 7.50. The van der Waals surface area contributed by atoms with Crippen LogP contribution in [0.25, 0.3) is 0 Å². The highest BCUT2D eigenvalue weighted by Gasteiger charge is 2.36. The van der Waals surface area contributed by atoms with Crippen molar-refractivity contribution in [2.24, 2.45) is 0 Å². The van der Waals surface area contributed by atoms with Crippen LogP contribution in [0.2, 0.25) is 0 Å². The molecule has 0 unspecified atom stereocenters. The highest BCUT2D eigenvalue weighted by atomic mass is 127. The van der Waals surface area contributed by atoms with Crippen LogP contribution in [0.3, 0.4) is 0 Å². The Bertz CT molecular complexity index is 361. The van der Waals surface area contributed by atoms with E-state index in [-0.39, 0.29) is 6.61 Å². The van der Waals surface area contributed by atoms with Crippen molar-refractivity contribution >= 4 is 28.6 Å². The molecule has 88 valence electrons. The Hall–Kier alpha value is -0.620. The predicted molar refractivity (Wildman–Crippen MR) is 70.2 cm³/mol. The fourth-order valence-electron chi connectivity index (χ4n) is 1.38. The van der Waals surface area contributed by atoms with Crippen molar-refractivity contribution in [1.82, 2.24) is 0 Å². The summed E-state index contributed by atoms with van der Waals surface area (Å²) in [4.78, 5) is 11.8. The Kier molecular flexibility index (Phi) is 4.73. The zero-order valence-electron chi connectivity index (χ0n) is 9.37. The SMILES string of the molecule is CCOC(=O)[C@](C)(CO)c1ccc(I)cc1. The van der Waals surface area contributed by atoms with E-state index in [0.29, 0.717) is 6.61 Å². The third kappa shape index (κ3) is 2.74. The molecule has 0 aliphatic heterocycles. The largest absolute Gasteiger partial charge is 0.465 e. The summed E-state index contributed by atoms with van der Waals surface area (Å²) in [6.45, 7) is 3.50. The van der Waals surface area contributed by atoms with Crippen LogP contribution in [-0.2, 0) is 14.9 Å². The number of hydrogen-bond donors (Lipinski definition) is 1. The van der Waals surface area contributed by atoms with Crippen molar-refractivity contribution in [2.75, 3.05) is 13.2 Å². The Labute approximate surface area is 109 Å². The maximum Gasteiger partial charge on any atom is 0.318 e. The maximum atomic E-state index is 11.8. The van der Waals surface area contributed by atoms with Crippen LogP contribution >= 0.6 is 22.6 Å². The smallest absolute Gasteiger partial charge is 0.318 e. The first-order valence-corrected chi connectivity index (χ1v) is 6.16. The van der Waals surface area contributed by atoms with Crippen LogP contribution in [0, 0.1) is 3.57 Å². The van der Waals surface area contributed by atoms with Crippen LogP contribution in [0.4, 0.5) is 0 Å². The van der Waals surface area contributed by atoms with Gasteiger partial charge in [0.1, 0.15) is 5.41 Å². The van der Waals surface area contributed by atoms with E-state index in [9.17, 15) is 9.90 Å². The van der Waals surface area contributed by atoms with Gasteiger partial charge >= 0.3 is 5.97 Å². The molecule has 1 aromatic carbocycles. The lowest BCUT2D eigenvalue weighted by Crippen LogP contribution is -2.38. The van der Waals surface area contributed by atoms with Gasteiger partial charge in [-0.05, 0) is 54.1 Å². The molecule has 0 saturated heterocycles. The first-order chi connectivity index (χ1) is 7.54. The molecule has 0 aliphatic rings. The van der Waals surface area contributed by atoms with Gasteiger partial charge in [-0.2, -0.15) is 0 Å². The molecule has 0 fully saturated rings. The molecule has 3 nitrogen and oxygen atoms in total. The molecule has 0 aliphatic carbocycles. The molecular weight excluding hydrogens is 319 g/mol. The van der Waals surface area contributed by atoms with Crippen LogP contribution in [-0.4, -0.2) is 24.3 Å². The first-order valence-electron chi connectivity index (χ1n) is 5.08. The second-order valence-corrected chi connectivity index (χ2v) is 4.96. The average molecular weight is 334 g/mol. The minimum absolute atomic E-state index is 0.258. The molecule has 0 amide bonds. The van der Waals surface area contributed by atoms with Gasteiger partial charge in [0, 0.05) is 3.57 Å². The molecule has 0 saturated carbocycles. The summed E-state index contributed by atoms with van der Waals surface area (Å²) in [5, 5.41) is 9.40. The number of halogens is 1. The lowest BCUT2D eigenvalue weighted by atomic mass is 9.83. The third-order valence-electron chi connectivity index (χ3n) is 2.52. The Morgan fingerprint density at radius 2 is 2.00 bits per heavy atom. The fraction of sp³-hybridized carbons (Fsp3) is 0.417. The summed E-state index contributed by atoms with van der Waals surface area (Å²) >= 11 is 2.19. The molecule has 16 heavy (non-hydrogen) atoms. The van der Waals surface area contributed by atoms with Gasteiger partial charge in [-0.15, -0.1) is 0 Å². The number of aliphatic hydroxyl groups excluding tert-OH is 1. The van der Waals surface area contributed by atoms with Gasteiger partial charge in [-0.3, -0.25) is 4.79 Å². The second-order valence-electron chi connectivity index (χ2n) is 3.72. The monoisotopic (exact) mass is 334 g/mol. The van der Waals surface area contributed by atoms with Crippen LogP contribution < -0.4 is 0 Å². The summed E-state index contributed by atoms with van der Waals surface area (Å²) in [5.41, 5.74) is -0.200. The van der Waals surface area contributed by atoms with E-state index in [2.05, 4.69) is 22.6 Å². The van der Waals surface area contributed by atoms with Crippen molar-refractivity contribution in [3.05, 3.63) is 33.4 Å². The molecule has 1 aromatic rings. The summed E-state index contributed by atoms with van der Waals surface area (Å²) in [5.74, 6) is -0.390. The van der Waals surface area contributed by atoms with Gasteiger partial charge in [-0.1, -0.05) is 12.1 Å². The van der Waals surface area contributed by atoms with E-state index in [1.165, 1.54) is 0 Å². The van der Waals surface area contributed by atoms with E-state index in [1.54, 1.807) is 13.8 Å². The lowest BCUT2D eigenvalue weighted by molar-refractivity contribution is -0.151.